The van der Waals surface area contributed by atoms with Crippen molar-refractivity contribution >= 4 is 28.5 Å². The molecule has 2 aliphatic heterocycles. The lowest BCUT2D eigenvalue weighted by Crippen LogP contribution is -2.43. The molecule has 0 saturated carbocycles. The Bertz CT molecular complexity index is 1420. The van der Waals surface area contributed by atoms with Gasteiger partial charge in [0.1, 0.15) is 22.9 Å². The van der Waals surface area contributed by atoms with Gasteiger partial charge in [0.2, 0.25) is 5.95 Å². The van der Waals surface area contributed by atoms with Gasteiger partial charge < -0.3 is 20.1 Å². The fourth-order valence-corrected chi connectivity index (χ4v) is 4.84. The Balaban J connectivity index is 1.31. The molecule has 1 fully saturated rings. The largest absolute Gasteiger partial charge is 0.368 e. The minimum atomic E-state index is -2.62. The molecule has 2 aliphatic rings. The monoisotopic (exact) mass is 498 g/mol. The number of anilines is 3. The summed E-state index contributed by atoms with van der Waals surface area (Å²) in [5, 5.41) is 6.24. The van der Waals surface area contributed by atoms with E-state index in [1.807, 2.05) is 6.07 Å². The van der Waals surface area contributed by atoms with E-state index in [1.54, 1.807) is 12.3 Å². The first-order chi connectivity index (χ1) is 17.5. The third-order valence-electron chi connectivity index (χ3n) is 6.60. The minimum Gasteiger partial charge on any atom is -0.368 e. The fraction of sp³-hybridized carbons (Fsp3) is 0.333. The molecule has 1 atom stereocenters. The van der Waals surface area contributed by atoms with Crippen LogP contribution in [0.15, 0.2) is 36.7 Å². The number of nitrogens with one attached hydrogen (secondary N) is 2. The number of benzene rings is 1. The number of pyridine rings is 1. The number of aromatic nitrogens is 5. The lowest BCUT2D eigenvalue weighted by molar-refractivity contribution is 0.0883. The van der Waals surface area contributed by atoms with Crippen LogP contribution in [0, 0.1) is 11.6 Å². The van der Waals surface area contributed by atoms with E-state index in [9.17, 15) is 17.6 Å². The molecular formula is C24H22F4N8. The van der Waals surface area contributed by atoms with Crippen LogP contribution in [0.1, 0.15) is 18.3 Å². The summed E-state index contributed by atoms with van der Waals surface area (Å²) in [4.78, 5) is 19.0. The van der Waals surface area contributed by atoms with E-state index in [2.05, 4.69) is 35.5 Å². The number of fused-ring (bicyclic) bond motifs is 3. The lowest BCUT2D eigenvalue weighted by Gasteiger charge is -2.29. The molecule has 2 N–H and O–H groups in total. The molecule has 0 unspecified atom stereocenters. The van der Waals surface area contributed by atoms with Gasteiger partial charge in [0, 0.05) is 38.2 Å². The molecule has 186 valence electrons. The van der Waals surface area contributed by atoms with Gasteiger partial charge >= 0.3 is 0 Å². The van der Waals surface area contributed by atoms with Crippen LogP contribution in [0.3, 0.4) is 0 Å². The van der Waals surface area contributed by atoms with Crippen molar-refractivity contribution in [2.75, 3.05) is 36.4 Å². The number of hydrogen-bond donors (Lipinski definition) is 2. The molecule has 0 amide bonds. The molecule has 0 aliphatic carbocycles. The average Bonchev–Trinajstić information content (AvgIpc) is 3.47. The van der Waals surface area contributed by atoms with Crippen LogP contribution in [0.4, 0.5) is 35.0 Å². The number of rotatable bonds is 5. The standard InChI is InChI=1S/C24H22F4N8/c25-15-9-13(10-18-22(15)33-20-4-2-17(23(27)28)36(18)20)21-16(26)12-31-24(34-21)32-19-3-1-14(11-30-19)35-7-5-29-6-8-35/h1,3,9-12,17,23,29H,2,4-8H2,(H,30,31,32,34)/t17-/m0/s1. The highest BCUT2D eigenvalue weighted by Gasteiger charge is 2.33. The molecule has 0 bridgehead atoms. The normalized spacial score (nSPS) is 17.7. The first-order valence-corrected chi connectivity index (χ1v) is 11.7. The molecule has 3 aromatic heterocycles. The summed E-state index contributed by atoms with van der Waals surface area (Å²) >= 11 is 0. The SMILES string of the molecule is Fc1cnc(Nc2ccc(N3CCNCC3)cn2)nc1-c1cc(F)c2nc3n(c2c1)[C@H](C(F)F)CC3. The lowest BCUT2D eigenvalue weighted by atomic mass is 10.1. The number of alkyl halides is 2. The van der Waals surface area contributed by atoms with Crippen LogP contribution in [-0.2, 0) is 6.42 Å². The van der Waals surface area contributed by atoms with Crippen LogP contribution in [0.5, 0.6) is 0 Å². The predicted octanol–water partition coefficient (Wildman–Crippen LogP) is 4.07. The second-order valence-electron chi connectivity index (χ2n) is 8.82. The van der Waals surface area contributed by atoms with Crippen molar-refractivity contribution in [3.8, 4) is 11.3 Å². The summed E-state index contributed by atoms with van der Waals surface area (Å²) in [6, 6.07) is 5.16. The maximum atomic E-state index is 14.9. The quantitative estimate of drug-likeness (QED) is 0.402. The smallest absolute Gasteiger partial charge is 0.259 e. The molecule has 8 nitrogen and oxygen atoms in total. The van der Waals surface area contributed by atoms with E-state index in [0.29, 0.717) is 18.1 Å². The molecule has 1 aromatic carbocycles. The van der Waals surface area contributed by atoms with E-state index >= 15 is 0 Å². The van der Waals surface area contributed by atoms with Gasteiger partial charge in [-0.15, -0.1) is 0 Å². The number of piperazine rings is 1. The van der Waals surface area contributed by atoms with E-state index in [4.69, 9.17) is 0 Å². The van der Waals surface area contributed by atoms with E-state index in [1.165, 1.54) is 10.6 Å². The van der Waals surface area contributed by atoms with Crippen LogP contribution in [0.25, 0.3) is 22.3 Å². The van der Waals surface area contributed by atoms with Crippen LogP contribution < -0.4 is 15.5 Å². The van der Waals surface area contributed by atoms with Crippen molar-refractivity contribution < 1.29 is 17.6 Å². The van der Waals surface area contributed by atoms with Gasteiger partial charge in [0.15, 0.2) is 11.6 Å². The second-order valence-corrected chi connectivity index (χ2v) is 8.82. The molecule has 36 heavy (non-hydrogen) atoms. The van der Waals surface area contributed by atoms with Crippen molar-refractivity contribution in [2.45, 2.75) is 25.3 Å². The van der Waals surface area contributed by atoms with Gasteiger partial charge in [-0.2, -0.15) is 0 Å². The Kier molecular flexibility index (Phi) is 5.67. The van der Waals surface area contributed by atoms with Crippen molar-refractivity contribution in [2.24, 2.45) is 0 Å². The first kappa shape index (κ1) is 22.7. The Hall–Kier alpha value is -3.80. The first-order valence-electron chi connectivity index (χ1n) is 11.7. The molecule has 12 heteroatoms. The second kappa shape index (κ2) is 9.01. The Morgan fingerprint density at radius 1 is 1.00 bits per heavy atom. The van der Waals surface area contributed by atoms with Gasteiger partial charge in [0.05, 0.1) is 29.6 Å². The van der Waals surface area contributed by atoms with Crippen molar-refractivity contribution in [3.05, 3.63) is 54.1 Å². The zero-order valence-corrected chi connectivity index (χ0v) is 19.1. The summed E-state index contributed by atoms with van der Waals surface area (Å²) in [5.41, 5.74) is 1.11. The minimum absolute atomic E-state index is 0.0133. The molecule has 0 radical (unpaired) electrons. The summed E-state index contributed by atoms with van der Waals surface area (Å²) in [6.45, 7) is 3.59. The Morgan fingerprint density at radius 3 is 2.58 bits per heavy atom. The molecule has 5 heterocycles. The highest BCUT2D eigenvalue weighted by atomic mass is 19.3. The number of halogens is 4. The fourth-order valence-electron chi connectivity index (χ4n) is 4.84. The van der Waals surface area contributed by atoms with Crippen molar-refractivity contribution in [1.82, 2.24) is 29.8 Å². The van der Waals surface area contributed by atoms with E-state index in [-0.39, 0.29) is 34.7 Å². The van der Waals surface area contributed by atoms with Gasteiger partial charge in [-0.05, 0) is 30.7 Å². The Labute approximate surface area is 203 Å². The van der Waals surface area contributed by atoms with Crippen LogP contribution in [0.2, 0.25) is 0 Å². The van der Waals surface area contributed by atoms with Crippen LogP contribution in [-0.4, -0.2) is 57.1 Å². The number of nitrogens with zero attached hydrogens (tertiary/aromatic N) is 6. The topological polar surface area (TPSA) is 83.8 Å². The number of hydrogen-bond acceptors (Lipinski definition) is 7. The van der Waals surface area contributed by atoms with Crippen molar-refractivity contribution in [3.63, 3.8) is 0 Å². The molecule has 4 aromatic rings. The third kappa shape index (κ3) is 4.00. The maximum Gasteiger partial charge on any atom is 0.259 e. The number of aryl methyl sites for hydroxylation is 1. The van der Waals surface area contributed by atoms with E-state index in [0.717, 1.165) is 44.1 Å². The summed E-state index contributed by atoms with van der Waals surface area (Å²) in [6.07, 6.45) is 0.644. The van der Waals surface area contributed by atoms with Crippen LogP contribution >= 0.6 is 0 Å². The van der Waals surface area contributed by atoms with Gasteiger partial charge in [-0.1, -0.05) is 0 Å². The molecule has 6 rings (SSSR count). The highest BCUT2D eigenvalue weighted by Crippen LogP contribution is 2.37. The van der Waals surface area contributed by atoms with Gasteiger partial charge in [-0.25, -0.2) is 37.5 Å². The predicted molar refractivity (Wildman–Crippen MR) is 127 cm³/mol. The van der Waals surface area contributed by atoms with E-state index < -0.39 is 24.1 Å². The summed E-state index contributed by atoms with van der Waals surface area (Å²) < 4.78 is 58.1. The third-order valence-corrected chi connectivity index (χ3v) is 6.60. The average molecular weight is 498 g/mol. The summed E-state index contributed by atoms with van der Waals surface area (Å²) in [5.74, 6) is -0.574. The summed E-state index contributed by atoms with van der Waals surface area (Å²) in [7, 11) is 0. The maximum absolute atomic E-state index is 14.9. The Morgan fingerprint density at radius 2 is 1.83 bits per heavy atom. The van der Waals surface area contributed by atoms with Crippen molar-refractivity contribution in [1.29, 1.82) is 0 Å². The molecule has 1 saturated heterocycles. The molecular weight excluding hydrogens is 476 g/mol. The molecule has 0 spiro atoms. The zero-order valence-electron chi connectivity index (χ0n) is 19.1. The zero-order chi connectivity index (χ0) is 24.8. The van der Waals surface area contributed by atoms with Gasteiger partial charge in [0.25, 0.3) is 6.43 Å². The number of imidazole rings is 1. The van der Waals surface area contributed by atoms with Gasteiger partial charge in [-0.3, -0.25) is 0 Å². The highest BCUT2D eigenvalue weighted by molar-refractivity contribution is 5.83.